The zero-order chi connectivity index (χ0) is 15.6. The Hall–Kier alpha value is -0.540. The van der Waals surface area contributed by atoms with E-state index in [2.05, 4.69) is 18.7 Å². The highest BCUT2D eigenvalue weighted by atomic mass is 32.2. The van der Waals surface area contributed by atoms with Gasteiger partial charge in [0.05, 0.1) is 4.88 Å². The first kappa shape index (κ1) is 16.8. The van der Waals surface area contributed by atoms with E-state index in [-0.39, 0.29) is 4.99 Å². The Bertz CT molecular complexity index is 604. The summed E-state index contributed by atoms with van der Waals surface area (Å²) in [6.45, 7) is 6.96. The summed E-state index contributed by atoms with van der Waals surface area (Å²) >= 11 is 6.03. The fourth-order valence-electron chi connectivity index (χ4n) is 2.36. The van der Waals surface area contributed by atoms with E-state index >= 15 is 0 Å². The van der Waals surface area contributed by atoms with Gasteiger partial charge in [0, 0.05) is 32.2 Å². The maximum Gasteiger partial charge on any atom is 0.252 e. The zero-order valence-corrected chi connectivity index (χ0v) is 14.7. The molecular weight excluding hydrogens is 326 g/mol. The van der Waals surface area contributed by atoms with Crippen molar-refractivity contribution in [1.82, 2.24) is 9.21 Å². The van der Waals surface area contributed by atoms with Crippen LogP contribution in [0.3, 0.4) is 0 Å². The third-order valence-corrected chi connectivity index (χ3v) is 7.74. The molecule has 1 fully saturated rings. The molecule has 2 N–H and O–H groups in total. The molecule has 0 amide bonds. The van der Waals surface area contributed by atoms with Gasteiger partial charge in [-0.2, -0.15) is 4.31 Å². The Kier molecular flexibility index (Phi) is 5.37. The fraction of sp³-hybridized carbons (Fsp3) is 0.615. The van der Waals surface area contributed by atoms with Crippen molar-refractivity contribution in [2.45, 2.75) is 30.5 Å². The third kappa shape index (κ3) is 3.62. The molecule has 118 valence electrons. The van der Waals surface area contributed by atoms with Crippen molar-refractivity contribution in [2.75, 3.05) is 26.2 Å². The molecule has 1 aromatic heterocycles. The van der Waals surface area contributed by atoms with E-state index in [1.165, 1.54) is 0 Å². The van der Waals surface area contributed by atoms with Crippen LogP contribution >= 0.6 is 23.6 Å². The Morgan fingerprint density at radius 2 is 2.00 bits per heavy atom. The Balaban J connectivity index is 2.09. The van der Waals surface area contributed by atoms with Gasteiger partial charge in [-0.05, 0) is 25.5 Å². The molecule has 1 atom stereocenters. The highest BCUT2D eigenvalue weighted by Crippen LogP contribution is 2.26. The van der Waals surface area contributed by atoms with Gasteiger partial charge in [-0.3, -0.25) is 4.90 Å². The van der Waals surface area contributed by atoms with Crippen molar-refractivity contribution in [3.63, 3.8) is 0 Å². The average Bonchev–Trinajstić information content (AvgIpc) is 2.97. The maximum atomic E-state index is 12.6. The molecule has 1 aliphatic heterocycles. The molecule has 1 aromatic rings. The molecule has 5 nitrogen and oxygen atoms in total. The van der Waals surface area contributed by atoms with Gasteiger partial charge < -0.3 is 5.73 Å². The summed E-state index contributed by atoms with van der Waals surface area (Å²) in [6, 6.07) is 3.77. The quantitative estimate of drug-likeness (QED) is 0.818. The van der Waals surface area contributed by atoms with Crippen LogP contribution in [-0.2, 0) is 10.0 Å². The summed E-state index contributed by atoms with van der Waals surface area (Å²) in [5.41, 5.74) is 5.54. The summed E-state index contributed by atoms with van der Waals surface area (Å²) in [7, 11) is -3.42. The lowest BCUT2D eigenvalue weighted by Gasteiger charge is -2.36. The molecule has 0 aromatic carbocycles. The van der Waals surface area contributed by atoms with E-state index < -0.39 is 10.0 Å². The first-order valence-corrected chi connectivity index (χ1v) is 9.66. The van der Waals surface area contributed by atoms with E-state index in [0.717, 1.165) is 30.8 Å². The van der Waals surface area contributed by atoms with Crippen LogP contribution in [0.15, 0.2) is 16.3 Å². The number of rotatable bonds is 5. The first-order chi connectivity index (χ1) is 9.86. The average molecular weight is 348 g/mol. The summed E-state index contributed by atoms with van der Waals surface area (Å²) in [4.78, 5) is 3.21. The predicted molar refractivity (Wildman–Crippen MR) is 90.3 cm³/mol. The van der Waals surface area contributed by atoms with Crippen LogP contribution in [0.1, 0.15) is 25.1 Å². The fourth-order valence-corrected chi connectivity index (χ4v) is 5.29. The molecular formula is C13H21N3O2S3. The van der Waals surface area contributed by atoms with Gasteiger partial charge in [0.2, 0.25) is 0 Å². The lowest BCUT2D eigenvalue weighted by molar-refractivity contribution is 0.143. The molecule has 21 heavy (non-hydrogen) atoms. The molecule has 2 rings (SSSR count). The van der Waals surface area contributed by atoms with Gasteiger partial charge in [0.25, 0.3) is 10.0 Å². The van der Waals surface area contributed by atoms with Crippen LogP contribution in [0.2, 0.25) is 0 Å². The Morgan fingerprint density at radius 3 is 2.48 bits per heavy atom. The van der Waals surface area contributed by atoms with Crippen molar-refractivity contribution >= 4 is 38.6 Å². The highest BCUT2D eigenvalue weighted by Gasteiger charge is 2.30. The first-order valence-electron chi connectivity index (χ1n) is 7.00. The smallest absolute Gasteiger partial charge is 0.252 e. The van der Waals surface area contributed by atoms with Crippen molar-refractivity contribution in [3.05, 3.63) is 17.0 Å². The molecule has 0 aliphatic carbocycles. The number of nitrogens with zero attached hydrogens (tertiary/aromatic N) is 2. The summed E-state index contributed by atoms with van der Waals surface area (Å²) in [6.07, 6.45) is 1.08. The third-order valence-electron chi connectivity index (χ3n) is 3.91. The normalized spacial score (nSPS) is 19.5. The maximum absolute atomic E-state index is 12.6. The molecule has 8 heteroatoms. The zero-order valence-electron chi connectivity index (χ0n) is 12.3. The number of piperazine rings is 1. The highest BCUT2D eigenvalue weighted by molar-refractivity contribution is 7.91. The molecule has 1 saturated heterocycles. The van der Waals surface area contributed by atoms with Gasteiger partial charge in [-0.15, -0.1) is 11.3 Å². The van der Waals surface area contributed by atoms with Gasteiger partial charge in [-0.1, -0.05) is 19.1 Å². The molecule has 0 saturated carbocycles. The van der Waals surface area contributed by atoms with E-state index in [0.29, 0.717) is 28.2 Å². The lowest BCUT2D eigenvalue weighted by Crippen LogP contribution is -2.50. The number of nitrogens with two attached hydrogens (primary N) is 1. The molecule has 0 radical (unpaired) electrons. The number of hydrogen-bond donors (Lipinski definition) is 1. The van der Waals surface area contributed by atoms with Crippen LogP contribution in [0.5, 0.6) is 0 Å². The summed E-state index contributed by atoms with van der Waals surface area (Å²) in [5, 5.41) is 0. The van der Waals surface area contributed by atoms with Crippen LogP contribution in [0, 0.1) is 0 Å². The number of thiocarbonyl (C=S) groups is 1. The minimum atomic E-state index is -3.42. The largest absolute Gasteiger partial charge is 0.389 e. The molecule has 0 spiro atoms. The van der Waals surface area contributed by atoms with Crippen molar-refractivity contribution in [3.8, 4) is 0 Å². The van der Waals surface area contributed by atoms with Gasteiger partial charge in [0.15, 0.2) is 0 Å². The van der Waals surface area contributed by atoms with E-state index in [1.54, 1.807) is 16.4 Å². The molecule has 0 bridgehead atoms. The van der Waals surface area contributed by atoms with Crippen LogP contribution in [-0.4, -0.2) is 54.8 Å². The van der Waals surface area contributed by atoms with Gasteiger partial charge >= 0.3 is 0 Å². The van der Waals surface area contributed by atoms with Gasteiger partial charge in [-0.25, -0.2) is 8.42 Å². The molecule has 1 unspecified atom stereocenters. The van der Waals surface area contributed by atoms with Crippen molar-refractivity contribution < 1.29 is 8.42 Å². The van der Waals surface area contributed by atoms with Crippen molar-refractivity contribution in [1.29, 1.82) is 0 Å². The second-order valence-corrected chi connectivity index (χ2v) is 8.87. The van der Waals surface area contributed by atoms with Crippen LogP contribution in [0.4, 0.5) is 0 Å². The lowest BCUT2D eigenvalue weighted by atomic mass is 10.2. The minimum absolute atomic E-state index is 0.239. The SMILES string of the molecule is CCC(C)N1CCN(S(=O)(=O)c2ccc(C(N)=S)s2)CC1. The second-order valence-electron chi connectivity index (χ2n) is 5.18. The van der Waals surface area contributed by atoms with E-state index in [4.69, 9.17) is 18.0 Å². The molecule has 2 heterocycles. The number of hydrogen-bond acceptors (Lipinski definition) is 5. The number of thiophene rings is 1. The van der Waals surface area contributed by atoms with E-state index in [1.807, 2.05) is 0 Å². The standard InChI is InChI=1S/C13H21N3O2S3/c1-3-10(2)15-6-8-16(9-7-15)21(17,18)12-5-4-11(20-12)13(14)19/h4-5,10H,3,6-9H2,1-2H3,(H2,14,19). The Morgan fingerprint density at radius 1 is 1.38 bits per heavy atom. The van der Waals surface area contributed by atoms with E-state index in [9.17, 15) is 8.42 Å². The Labute approximate surface area is 135 Å². The second kappa shape index (κ2) is 6.70. The minimum Gasteiger partial charge on any atom is -0.389 e. The summed E-state index contributed by atoms with van der Waals surface area (Å²) < 4.78 is 27.1. The summed E-state index contributed by atoms with van der Waals surface area (Å²) in [5.74, 6) is 0. The van der Waals surface area contributed by atoms with Gasteiger partial charge in [0.1, 0.15) is 9.20 Å². The number of sulfonamides is 1. The molecule has 1 aliphatic rings. The monoisotopic (exact) mass is 347 g/mol. The predicted octanol–water partition coefficient (Wildman–Crippen LogP) is 1.49. The topological polar surface area (TPSA) is 66.6 Å². The van der Waals surface area contributed by atoms with Crippen LogP contribution < -0.4 is 5.73 Å². The van der Waals surface area contributed by atoms with Crippen molar-refractivity contribution in [2.24, 2.45) is 5.73 Å². The van der Waals surface area contributed by atoms with Crippen LogP contribution in [0.25, 0.3) is 0 Å².